The summed E-state index contributed by atoms with van der Waals surface area (Å²) in [5.41, 5.74) is -0.128. The van der Waals surface area contributed by atoms with Gasteiger partial charge in [-0.05, 0) is 18.6 Å². The number of benzene rings is 2. The van der Waals surface area contributed by atoms with Crippen LogP contribution in [0.2, 0.25) is 5.02 Å². The summed E-state index contributed by atoms with van der Waals surface area (Å²) in [6, 6.07) is 7.37. The monoisotopic (exact) mass is 336 g/mol. The van der Waals surface area contributed by atoms with E-state index in [1.54, 1.807) is 12.1 Å². The van der Waals surface area contributed by atoms with Crippen LogP contribution >= 0.6 is 11.6 Å². The third kappa shape index (κ3) is 1.99. The van der Waals surface area contributed by atoms with Gasteiger partial charge in [0.15, 0.2) is 11.6 Å². The Morgan fingerprint density at radius 1 is 1.00 bits per heavy atom. The van der Waals surface area contributed by atoms with Crippen LogP contribution in [0, 0.1) is 6.92 Å². The van der Waals surface area contributed by atoms with Gasteiger partial charge in [0.25, 0.3) is 10.1 Å². The van der Waals surface area contributed by atoms with Gasteiger partial charge in [0, 0.05) is 21.7 Å². The van der Waals surface area contributed by atoms with Crippen molar-refractivity contribution < 1.29 is 22.6 Å². The Bertz CT molecular complexity index is 960. The molecular formula is C15H9ClO5S. The molecule has 0 atom stereocenters. The molecule has 1 aliphatic carbocycles. The van der Waals surface area contributed by atoms with E-state index in [0.29, 0.717) is 0 Å². The molecule has 112 valence electrons. The van der Waals surface area contributed by atoms with Gasteiger partial charge in [-0.25, -0.2) is 0 Å². The van der Waals surface area contributed by atoms with Crippen molar-refractivity contribution >= 4 is 33.3 Å². The highest BCUT2D eigenvalue weighted by molar-refractivity contribution is 7.86. The lowest BCUT2D eigenvalue weighted by molar-refractivity contribution is 0.0976. The Balaban J connectivity index is 2.49. The average molecular weight is 337 g/mol. The highest BCUT2D eigenvalue weighted by atomic mass is 35.5. The Labute approximate surface area is 131 Å². The summed E-state index contributed by atoms with van der Waals surface area (Å²) in [4.78, 5) is 24.5. The van der Waals surface area contributed by atoms with Gasteiger partial charge in [0.1, 0.15) is 4.90 Å². The minimum absolute atomic E-state index is 0.00749. The highest BCUT2D eigenvalue weighted by Crippen LogP contribution is 2.36. The van der Waals surface area contributed by atoms with E-state index >= 15 is 0 Å². The van der Waals surface area contributed by atoms with Crippen molar-refractivity contribution in [2.75, 3.05) is 0 Å². The quantitative estimate of drug-likeness (QED) is 0.690. The first-order valence-electron chi connectivity index (χ1n) is 6.22. The standard InChI is InChI=1S/C15H9ClO5S/c1-7-11(16)6-10-12(15(7)22(19,20)21)14(18)9-5-3-2-4-8(9)13(10)17/h2-6H,1H3,(H,19,20,21). The molecule has 22 heavy (non-hydrogen) atoms. The fourth-order valence-corrected chi connectivity index (χ4v) is 3.83. The van der Waals surface area contributed by atoms with E-state index in [1.165, 1.54) is 25.1 Å². The van der Waals surface area contributed by atoms with Crippen LogP contribution in [0.4, 0.5) is 0 Å². The molecule has 0 fully saturated rings. The molecule has 0 unspecified atom stereocenters. The minimum Gasteiger partial charge on any atom is -0.289 e. The third-order valence-electron chi connectivity index (χ3n) is 3.61. The Hall–Kier alpha value is -2.02. The van der Waals surface area contributed by atoms with Gasteiger partial charge in [-0.2, -0.15) is 8.42 Å². The zero-order valence-corrected chi connectivity index (χ0v) is 12.8. The van der Waals surface area contributed by atoms with Crippen LogP contribution in [-0.2, 0) is 10.1 Å². The Morgan fingerprint density at radius 3 is 2.09 bits per heavy atom. The van der Waals surface area contributed by atoms with Crippen molar-refractivity contribution in [3.05, 3.63) is 63.2 Å². The number of hydrogen-bond donors (Lipinski definition) is 1. The van der Waals surface area contributed by atoms with Crippen LogP contribution < -0.4 is 0 Å². The molecule has 7 heteroatoms. The van der Waals surface area contributed by atoms with Crippen LogP contribution in [-0.4, -0.2) is 24.5 Å². The number of ketones is 2. The number of fused-ring (bicyclic) bond motifs is 2. The second-order valence-corrected chi connectivity index (χ2v) is 6.68. The smallest absolute Gasteiger partial charge is 0.289 e. The van der Waals surface area contributed by atoms with Crippen LogP contribution in [0.1, 0.15) is 37.4 Å². The summed E-state index contributed by atoms with van der Waals surface area (Å²) < 4.78 is 32.8. The maximum absolute atomic E-state index is 12.6. The van der Waals surface area contributed by atoms with Crippen molar-refractivity contribution in [1.29, 1.82) is 0 Å². The molecule has 0 saturated heterocycles. The van der Waals surface area contributed by atoms with Gasteiger partial charge in [-0.3, -0.25) is 14.1 Å². The zero-order valence-electron chi connectivity index (χ0n) is 11.3. The lowest BCUT2D eigenvalue weighted by Crippen LogP contribution is -2.24. The van der Waals surface area contributed by atoms with E-state index in [4.69, 9.17) is 11.6 Å². The number of rotatable bonds is 1. The van der Waals surface area contributed by atoms with Gasteiger partial charge >= 0.3 is 0 Å². The van der Waals surface area contributed by atoms with E-state index in [0.717, 1.165) is 0 Å². The Kier molecular flexibility index (Phi) is 3.21. The van der Waals surface area contributed by atoms with Gasteiger partial charge in [0.2, 0.25) is 0 Å². The molecule has 5 nitrogen and oxygen atoms in total. The summed E-state index contributed by atoms with van der Waals surface area (Å²) in [6.07, 6.45) is 0. The normalized spacial score (nSPS) is 13.8. The van der Waals surface area contributed by atoms with Crippen LogP contribution in [0.15, 0.2) is 35.2 Å². The molecule has 0 heterocycles. The summed E-state index contributed by atoms with van der Waals surface area (Å²) in [5, 5.41) is -0.00749. The first-order valence-corrected chi connectivity index (χ1v) is 8.04. The SMILES string of the molecule is Cc1c(Cl)cc2c(c1S(=O)(=O)O)C(=O)c1ccccc1C2=O. The van der Waals surface area contributed by atoms with Crippen LogP contribution in [0.5, 0.6) is 0 Å². The molecule has 0 radical (unpaired) electrons. The van der Waals surface area contributed by atoms with Gasteiger partial charge in [-0.1, -0.05) is 35.9 Å². The topological polar surface area (TPSA) is 88.5 Å². The number of halogens is 1. The fourth-order valence-electron chi connectivity index (χ4n) is 2.61. The Morgan fingerprint density at radius 2 is 1.55 bits per heavy atom. The van der Waals surface area contributed by atoms with E-state index < -0.39 is 26.6 Å². The maximum atomic E-state index is 12.6. The highest BCUT2D eigenvalue weighted by Gasteiger charge is 2.36. The lowest BCUT2D eigenvalue weighted by atomic mass is 9.83. The summed E-state index contributed by atoms with van der Waals surface area (Å²) >= 11 is 5.96. The largest absolute Gasteiger partial charge is 0.295 e. The second kappa shape index (κ2) is 4.74. The lowest BCUT2D eigenvalue weighted by Gasteiger charge is -2.21. The van der Waals surface area contributed by atoms with E-state index in [1.807, 2.05) is 0 Å². The van der Waals surface area contributed by atoms with Crippen molar-refractivity contribution in [1.82, 2.24) is 0 Å². The molecule has 0 aromatic heterocycles. The average Bonchev–Trinajstić information content (AvgIpc) is 2.45. The van der Waals surface area contributed by atoms with Crippen LogP contribution in [0.25, 0.3) is 0 Å². The predicted octanol–water partition coefficient (Wildman–Crippen LogP) is 2.67. The van der Waals surface area contributed by atoms with E-state index in [2.05, 4.69) is 0 Å². The molecule has 0 spiro atoms. The van der Waals surface area contributed by atoms with Crippen molar-refractivity contribution in [3.8, 4) is 0 Å². The molecule has 0 aliphatic heterocycles. The predicted molar refractivity (Wildman–Crippen MR) is 79.3 cm³/mol. The number of carbonyl (C=O) groups is 2. The second-order valence-electron chi connectivity index (χ2n) is 4.91. The number of carbonyl (C=O) groups excluding carboxylic acids is 2. The van der Waals surface area contributed by atoms with Crippen molar-refractivity contribution in [3.63, 3.8) is 0 Å². The molecule has 3 rings (SSSR count). The van der Waals surface area contributed by atoms with Crippen LogP contribution in [0.3, 0.4) is 0 Å². The summed E-state index contributed by atoms with van der Waals surface area (Å²) in [7, 11) is -4.71. The molecule has 0 bridgehead atoms. The minimum atomic E-state index is -4.71. The molecule has 1 N–H and O–H groups in total. The zero-order chi connectivity index (χ0) is 16.2. The molecular weight excluding hydrogens is 328 g/mol. The van der Waals surface area contributed by atoms with Gasteiger partial charge in [-0.15, -0.1) is 0 Å². The van der Waals surface area contributed by atoms with Crippen molar-refractivity contribution in [2.45, 2.75) is 11.8 Å². The maximum Gasteiger partial charge on any atom is 0.295 e. The first-order chi connectivity index (χ1) is 10.2. The third-order valence-corrected chi connectivity index (χ3v) is 5.03. The first kappa shape index (κ1) is 14.9. The summed E-state index contributed by atoms with van der Waals surface area (Å²) in [5.74, 6) is -1.13. The molecule has 2 aromatic carbocycles. The summed E-state index contributed by atoms with van der Waals surface area (Å²) in [6.45, 7) is 1.37. The molecule has 2 aromatic rings. The van der Waals surface area contributed by atoms with Gasteiger partial charge < -0.3 is 0 Å². The van der Waals surface area contributed by atoms with Gasteiger partial charge in [0.05, 0.1) is 5.56 Å². The van der Waals surface area contributed by atoms with E-state index in [-0.39, 0.29) is 32.8 Å². The number of hydrogen-bond acceptors (Lipinski definition) is 4. The van der Waals surface area contributed by atoms with Crippen molar-refractivity contribution in [2.24, 2.45) is 0 Å². The molecule has 0 amide bonds. The molecule has 0 saturated carbocycles. The molecule has 1 aliphatic rings. The van der Waals surface area contributed by atoms with E-state index in [9.17, 15) is 22.6 Å². The fraction of sp³-hybridized carbons (Fsp3) is 0.0667.